The van der Waals surface area contributed by atoms with Crippen molar-refractivity contribution in [1.29, 1.82) is 0 Å². The van der Waals surface area contributed by atoms with E-state index in [-0.39, 0.29) is 10.6 Å². The fourth-order valence-electron chi connectivity index (χ4n) is 3.38. The van der Waals surface area contributed by atoms with Gasteiger partial charge in [-0.15, -0.1) is 0 Å². The molecule has 144 valence electrons. The van der Waals surface area contributed by atoms with Crippen LogP contribution in [-0.4, -0.2) is 52.6 Å². The van der Waals surface area contributed by atoms with E-state index in [4.69, 9.17) is 0 Å². The molecule has 1 aromatic carbocycles. The molecule has 9 nitrogen and oxygen atoms in total. The first kappa shape index (κ1) is 18.1. The molecular formula is C19H21N7O2. The molecule has 2 N–H and O–H groups in total. The molecule has 0 unspecified atom stereocenters. The zero-order valence-corrected chi connectivity index (χ0v) is 15.3. The van der Waals surface area contributed by atoms with E-state index in [0.717, 1.165) is 38.3 Å². The number of nitro benzene ring substituents is 1. The van der Waals surface area contributed by atoms with Crippen LogP contribution in [0.25, 0.3) is 10.9 Å². The van der Waals surface area contributed by atoms with Gasteiger partial charge in [0.25, 0.3) is 5.69 Å². The molecule has 0 saturated carbocycles. The van der Waals surface area contributed by atoms with Crippen molar-refractivity contribution in [2.45, 2.75) is 6.42 Å². The number of hydrogen-bond acceptors (Lipinski definition) is 8. The van der Waals surface area contributed by atoms with Crippen molar-refractivity contribution in [2.75, 3.05) is 42.9 Å². The molecule has 0 atom stereocenters. The van der Waals surface area contributed by atoms with Crippen molar-refractivity contribution in [3.8, 4) is 0 Å². The number of pyridine rings is 1. The van der Waals surface area contributed by atoms with Gasteiger partial charge < -0.3 is 15.5 Å². The van der Waals surface area contributed by atoms with Crippen molar-refractivity contribution in [2.24, 2.45) is 0 Å². The quantitative estimate of drug-likeness (QED) is 0.494. The minimum atomic E-state index is -0.332. The van der Waals surface area contributed by atoms with E-state index in [1.54, 1.807) is 18.3 Å². The van der Waals surface area contributed by atoms with Gasteiger partial charge in [-0.05, 0) is 18.2 Å². The predicted octanol–water partition coefficient (Wildman–Crippen LogP) is 2.00. The van der Waals surface area contributed by atoms with Crippen molar-refractivity contribution in [1.82, 2.24) is 20.3 Å². The van der Waals surface area contributed by atoms with Gasteiger partial charge >= 0.3 is 0 Å². The summed E-state index contributed by atoms with van der Waals surface area (Å²) < 4.78 is 0. The van der Waals surface area contributed by atoms with Gasteiger partial charge in [0.05, 0.1) is 10.4 Å². The van der Waals surface area contributed by atoms with E-state index in [1.165, 1.54) is 6.33 Å². The maximum Gasteiger partial charge on any atom is 0.293 e. The summed E-state index contributed by atoms with van der Waals surface area (Å²) in [4.78, 5) is 26.3. The number of fused-ring (bicyclic) bond motifs is 1. The molecule has 1 aliphatic rings. The minimum Gasteiger partial charge on any atom is -0.369 e. The lowest BCUT2D eigenvalue weighted by Crippen LogP contribution is -2.43. The van der Waals surface area contributed by atoms with Gasteiger partial charge in [-0.1, -0.05) is 6.07 Å². The first-order valence-corrected chi connectivity index (χ1v) is 9.25. The highest BCUT2D eigenvalue weighted by Gasteiger charge is 2.23. The second-order valence-corrected chi connectivity index (χ2v) is 6.57. The summed E-state index contributed by atoms with van der Waals surface area (Å²) in [7, 11) is 0. The van der Waals surface area contributed by atoms with Crippen molar-refractivity contribution in [3.05, 3.63) is 58.7 Å². The zero-order valence-electron chi connectivity index (χ0n) is 15.3. The van der Waals surface area contributed by atoms with Gasteiger partial charge in [-0.3, -0.25) is 15.1 Å². The second-order valence-electron chi connectivity index (χ2n) is 6.57. The van der Waals surface area contributed by atoms with Gasteiger partial charge in [0.1, 0.15) is 17.8 Å². The van der Waals surface area contributed by atoms with E-state index in [9.17, 15) is 10.1 Å². The van der Waals surface area contributed by atoms with Gasteiger partial charge in [-0.25, -0.2) is 9.97 Å². The number of nitrogens with zero attached hydrogens (tertiary/aromatic N) is 5. The fraction of sp³-hybridized carbons (Fsp3) is 0.316. The van der Waals surface area contributed by atoms with Gasteiger partial charge in [-0.2, -0.15) is 0 Å². The molecule has 0 amide bonds. The maximum absolute atomic E-state index is 11.7. The Kier molecular flexibility index (Phi) is 5.24. The largest absolute Gasteiger partial charge is 0.369 e. The van der Waals surface area contributed by atoms with E-state index in [1.807, 2.05) is 23.1 Å². The highest BCUT2D eigenvalue weighted by Crippen LogP contribution is 2.34. The molecule has 0 spiro atoms. The van der Waals surface area contributed by atoms with Crippen LogP contribution in [0, 0.1) is 10.1 Å². The average molecular weight is 379 g/mol. The van der Waals surface area contributed by atoms with Crippen molar-refractivity contribution in [3.63, 3.8) is 0 Å². The summed E-state index contributed by atoms with van der Waals surface area (Å²) in [5.41, 5.74) is 2.35. The Hall–Kier alpha value is -3.33. The van der Waals surface area contributed by atoms with Crippen LogP contribution in [0.5, 0.6) is 0 Å². The summed E-state index contributed by atoms with van der Waals surface area (Å²) in [6, 6.07) is 9.16. The molecule has 0 radical (unpaired) electrons. The lowest BCUT2D eigenvalue weighted by molar-refractivity contribution is -0.384. The van der Waals surface area contributed by atoms with Gasteiger partial charge in [0, 0.05) is 62.5 Å². The van der Waals surface area contributed by atoms with E-state index < -0.39 is 0 Å². The Labute approximate surface area is 162 Å². The van der Waals surface area contributed by atoms with Crippen LogP contribution >= 0.6 is 0 Å². The number of nitrogens with one attached hydrogen (secondary N) is 2. The number of benzene rings is 1. The summed E-state index contributed by atoms with van der Waals surface area (Å²) in [6.07, 6.45) is 3.97. The number of aromatic nitrogens is 3. The van der Waals surface area contributed by atoms with Crippen LogP contribution in [0.15, 0.2) is 42.9 Å². The predicted molar refractivity (Wildman–Crippen MR) is 108 cm³/mol. The molecule has 2 aromatic heterocycles. The Morgan fingerprint density at radius 1 is 1.18 bits per heavy atom. The van der Waals surface area contributed by atoms with E-state index in [2.05, 4.69) is 25.6 Å². The third kappa shape index (κ3) is 3.84. The monoisotopic (exact) mass is 379 g/mol. The molecule has 1 aliphatic heterocycles. The maximum atomic E-state index is 11.7. The van der Waals surface area contributed by atoms with Gasteiger partial charge in [0.15, 0.2) is 0 Å². The first-order chi connectivity index (χ1) is 13.7. The number of hydrogen-bond donors (Lipinski definition) is 2. The minimum absolute atomic E-state index is 0.0805. The number of rotatable bonds is 6. The fourth-order valence-corrected chi connectivity index (χ4v) is 3.38. The normalized spacial score (nSPS) is 14.2. The van der Waals surface area contributed by atoms with Crippen LogP contribution in [-0.2, 0) is 6.42 Å². The van der Waals surface area contributed by atoms with Crippen molar-refractivity contribution >= 4 is 28.1 Å². The number of piperazine rings is 1. The topological polar surface area (TPSA) is 109 Å². The lowest BCUT2D eigenvalue weighted by Gasteiger charge is -2.29. The first-order valence-electron chi connectivity index (χ1n) is 9.25. The van der Waals surface area contributed by atoms with E-state index in [0.29, 0.717) is 29.0 Å². The Bertz CT molecular complexity index is 975. The summed E-state index contributed by atoms with van der Waals surface area (Å²) in [6.45, 7) is 3.69. The highest BCUT2D eigenvalue weighted by atomic mass is 16.6. The SMILES string of the molecule is O=[N+]([O-])c1cc2c(NCCc3ccccn3)ncnc2cc1N1CCNCC1. The second kappa shape index (κ2) is 8.13. The zero-order chi connectivity index (χ0) is 19.3. The lowest BCUT2D eigenvalue weighted by atomic mass is 10.1. The molecule has 9 heteroatoms. The number of anilines is 2. The van der Waals surface area contributed by atoms with E-state index >= 15 is 0 Å². The van der Waals surface area contributed by atoms with Crippen LogP contribution in [0.3, 0.4) is 0 Å². The Balaban J connectivity index is 1.63. The molecule has 3 aromatic rings. The number of nitro groups is 1. The Morgan fingerprint density at radius 2 is 2.04 bits per heavy atom. The molecule has 28 heavy (non-hydrogen) atoms. The molecule has 1 fully saturated rings. The highest BCUT2D eigenvalue weighted by molar-refractivity contribution is 5.94. The standard InChI is InChI=1S/C19H21N7O2/c27-26(28)18-11-15-16(12-17(18)25-9-7-20-8-10-25)23-13-24-19(15)22-6-4-14-3-1-2-5-21-14/h1-3,5,11-13,20H,4,6-10H2,(H,22,23,24). The third-order valence-corrected chi connectivity index (χ3v) is 4.79. The summed E-state index contributed by atoms with van der Waals surface area (Å²) in [5.74, 6) is 0.593. The molecule has 0 aliphatic carbocycles. The van der Waals surface area contributed by atoms with Crippen LogP contribution in [0.2, 0.25) is 0 Å². The molecule has 4 rings (SSSR count). The summed E-state index contributed by atoms with van der Waals surface area (Å²) >= 11 is 0. The smallest absolute Gasteiger partial charge is 0.293 e. The van der Waals surface area contributed by atoms with Crippen molar-refractivity contribution < 1.29 is 4.92 Å². The molecule has 1 saturated heterocycles. The molecular weight excluding hydrogens is 358 g/mol. The molecule has 3 heterocycles. The molecule has 0 bridgehead atoms. The van der Waals surface area contributed by atoms with Gasteiger partial charge in [0.2, 0.25) is 0 Å². The third-order valence-electron chi connectivity index (χ3n) is 4.79. The summed E-state index contributed by atoms with van der Waals surface area (Å²) in [5, 5.41) is 18.9. The Morgan fingerprint density at radius 3 is 2.79 bits per heavy atom. The average Bonchev–Trinajstić information content (AvgIpc) is 2.74. The van der Waals surface area contributed by atoms with Crippen LogP contribution < -0.4 is 15.5 Å². The van der Waals surface area contributed by atoms with Crippen LogP contribution in [0.1, 0.15) is 5.69 Å². The van der Waals surface area contributed by atoms with Crippen LogP contribution in [0.4, 0.5) is 17.2 Å².